The van der Waals surface area contributed by atoms with Gasteiger partial charge in [0, 0.05) is 52.4 Å². The first-order valence-corrected chi connectivity index (χ1v) is 9.68. The van der Waals surface area contributed by atoms with Crippen LogP contribution in [0.25, 0.3) is 0 Å². The van der Waals surface area contributed by atoms with Gasteiger partial charge < -0.3 is 20.4 Å². The van der Waals surface area contributed by atoms with Gasteiger partial charge in [-0.2, -0.15) is 0 Å². The molecular formula is C20H35FIN5. The highest BCUT2D eigenvalue weighted by molar-refractivity contribution is 14.0. The molecule has 1 aromatic carbocycles. The molecule has 0 spiro atoms. The first-order chi connectivity index (χ1) is 12.5. The summed E-state index contributed by atoms with van der Waals surface area (Å²) < 4.78 is 13.8. The van der Waals surface area contributed by atoms with E-state index in [0.717, 1.165) is 51.4 Å². The fourth-order valence-electron chi connectivity index (χ4n) is 3.35. The first kappa shape index (κ1) is 23.9. The summed E-state index contributed by atoms with van der Waals surface area (Å²) in [7, 11) is 3.73. The van der Waals surface area contributed by atoms with Crippen molar-refractivity contribution < 1.29 is 4.39 Å². The van der Waals surface area contributed by atoms with Gasteiger partial charge in [0.2, 0.25) is 0 Å². The van der Waals surface area contributed by atoms with Gasteiger partial charge in [-0.05, 0) is 45.2 Å². The number of benzene rings is 1. The van der Waals surface area contributed by atoms with Gasteiger partial charge in [-0.1, -0.05) is 12.1 Å². The number of rotatable bonds is 7. The van der Waals surface area contributed by atoms with Gasteiger partial charge in [0.05, 0.1) is 5.69 Å². The zero-order valence-corrected chi connectivity index (χ0v) is 19.4. The minimum absolute atomic E-state index is 0. The maximum atomic E-state index is 13.8. The number of aliphatic imine (C=N–C) groups is 1. The Hall–Kier alpha value is -1.09. The average Bonchev–Trinajstić information content (AvgIpc) is 2.64. The Balaban J connectivity index is 0.00000364. The van der Waals surface area contributed by atoms with Gasteiger partial charge >= 0.3 is 0 Å². The number of anilines is 1. The molecule has 1 aromatic rings. The van der Waals surface area contributed by atoms with Gasteiger partial charge in [-0.3, -0.25) is 4.99 Å². The van der Waals surface area contributed by atoms with E-state index in [4.69, 9.17) is 0 Å². The largest absolute Gasteiger partial charge is 0.372 e. The van der Waals surface area contributed by atoms with Crippen molar-refractivity contribution in [2.24, 2.45) is 4.99 Å². The number of hydrogen-bond acceptors (Lipinski definition) is 3. The second kappa shape index (κ2) is 12.4. The highest BCUT2D eigenvalue weighted by atomic mass is 127. The molecule has 1 aliphatic heterocycles. The molecule has 2 N–H and O–H groups in total. The summed E-state index contributed by atoms with van der Waals surface area (Å²) in [5, 5.41) is 6.91. The Morgan fingerprint density at radius 3 is 2.56 bits per heavy atom. The van der Waals surface area contributed by atoms with E-state index >= 15 is 0 Å². The van der Waals surface area contributed by atoms with Crippen LogP contribution in [-0.2, 0) is 0 Å². The van der Waals surface area contributed by atoms with Gasteiger partial charge in [0.15, 0.2) is 5.96 Å². The number of para-hydroxylation sites is 1. The molecule has 7 heteroatoms. The van der Waals surface area contributed by atoms with Crippen LogP contribution in [0, 0.1) is 5.82 Å². The second-order valence-corrected chi connectivity index (χ2v) is 7.27. The third kappa shape index (κ3) is 7.81. The van der Waals surface area contributed by atoms with Crippen LogP contribution in [0.4, 0.5) is 10.1 Å². The fraction of sp³-hybridized carbons (Fsp3) is 0.650. The second-order valence-electron chi connectivity index (χ2n) is 7.27. The van der Waals surface area contributed by atoms with Crippen molar-refractivity contribution in [2.75, 3.05) is 45.2 Å². The lowest BCUT2D eigenvalue weighted by Gasteiger charge is -2.35. The quantitative estimate of drug-likeness (QED) is 0.266. The predicted octanol–water partition coefficient (Wildman–Crippen LogP) is 3.31. The van der Waals surface area contributed by atoms with Crippen LogP contribution in [0.5, 0.6) is 0 Å². The summed E-state index contributed by atoms with van der Waals surface area (Å²) in [4.78, 5) is 8.81. The van der Waals surface area contributed by atoms with E-state index in [2.05, 4.69) is 34.4 Å². The number of nitrogens with zero attached hydrogens (tertiary/aromatic N) is 3. The number of halogens is 2. The van der Waals surface area contributed by atoms with E-state index in [1.165, 1.54) is 6.07 Å². The van der Waals surface area contributed by atoms with Crippen LogP contribution in [0.2, 0.25) is 0 Å². The average molecular weight is 491 g/mol. The lowest BCUT2D eigenvalue weighted by molar-refractivity contribution is 0.167. The minimum atomic E-state index is -0.173. The van der Waals surface area contributed by atoms with E-state index < -0.39 is 0 Å². The Kier molecular flexibility index (Phi) is 11.0. The number of nitrogens with one attached hydrogen (secondary N) is 2. The molecule has 154 valence electrons. The normalized spacial score (nSPS) is 16.1. The molecule has 1 saturated heterocycles. The number of piperidine rings is 1. The standard InChI is InChI=1S/C20H34FN5.HI/c1-16(2)26-14-10-17(11-15-26)24-20(22-3)23-12-7-13-25(4)19-9-6-5-8-18(19)21;/h5-6,8-9,16-17H,7,10-15H2,1-4H3,(H2,22,23,24);1H. The summed E-state index contributed by atoms with van der Waals surface area (Å²) in [5.41, 5.74) is 0.645. The zero-order chi connectivity index (χ0) is 18.9. The Bertz CT molecular complexity index is 573. The maximum Gasteiger partial charge on any atom is 0.191 e. The molecule has 5 nitrogen and oxygen atoms in total. The number of hydrogen-bond donors (Lipinski definition) is 2. The highest BCUT2D eigenvalue weighted by Crippen LogP contribution is 2.17. The van der Waals surface area contributed by atoms with E-state index in [9.17, 15) is 4.39 Å². The Labute approximate surface area is 180 Å². The third-order valence-electron chi connectivity index (χ3n) is 5.05. The van der Waals surface area contributed by atoms with E-state index in [1.54, 1.807) is 6.07 Å². The van der Waals surface area contributed by atoms with Crippen LogP contribution < -0.4 is 15.5 Å². The molecular weight excluding hydrogens is 456 g/mol. The van der Waals surface area contributed by atoms with Gasteiger partial charge in [0.25, 0.3) is 0 Å². The number of guanidine groups is 1. The van der Waals surface area contributed by atoms with E-state index in [1.807, 2.05) is 31.1 Å². The van der Waals surface area contributed by atoms with Crippen molar-refractivity contribution in [3.63, 3.8) is 0 Å². The smallest absolute Gasteiger partial charge is 0.191 e. The SMILES string of the molecule is CN=C(NCCCN(C)c1ccccc1F)NC1CCN(C(C)C)CC1.I. The van der Waals surface area contributed by atoms with Crippen LogP contribution in [0.3, 0.4) is 0 Å². The minimum Gasteiger partial charge on any atom is -0.372 e. The van der Waals surface area contributed by atoms with Crippen molar-refractivity contribution in [2.45, 2.75) is 45.2 Å². The topological polar surface area (TPSA) is 42.9 Å². The van der Waals surface area contributed by atoms with Crippen molar-refractivity contribution in [3.8, 4) is 0 Å². The van der Waals surface area contributed by atoms with E-state index in [0.29, 0.717) is 17.8 Å². The zero-order valence-electron chi connectivity index (χ0n) is 17.0. The van der Waals surface area contributed by atoms with E-state index in [-0.39, 0.29) is 29.8 Å². The summed E-state index contributed by atoms with van der Waals surface area (Å²) in [6.07, 6.45) is 3.21. The molecule has 0 unspecified atom stereocenters. The first-order valence-electron chi connectivity index (χ1n) is 9.68. The van der Waals surface area contributed by atoms with Gasteiger partial charge in [0.1, 0.15) is 5.82 Å². The lowest BCUT2D eigenvalue weighted by atomic mass is 10.0. The molecule has 1 heterocycles. The van der Waals surface area contributed by atoms with Crippen LogP contribution in [0.15, 0.2) is 29.3 Å². The molecule has 0 amide bonds. The number of likely N-dealkylation sites (tertiary alicyclic amines) is 1. The molecule has 1 fully saturated rings. The summed E-state index contributed by atoms with van der Waals surface area (Å²) >= 11 is 0. The molecule has 0 aromatic heterocycles. The van der Waals surface area contributed by atoms with Crippen molar-refractivity contribution in [3.05, 3.63) is 30.1 Å². The highest BCUT2D eigenvalue weighted by Gasteiger charge is 2.21. The van der Waals surface area contributed by atoms with Crippen molar-refractivity contribution in [1.82, 2.24) is 15.5 Å². The van der Waals surface area contributed by atoms with Gasteiger partial charge in [-0.15, -0.1) is 24.0 Å². The van der Waals surface area contributed by atoms with Crippen LogP contribution >= 0.6 is 24.0 Å². The van der Waals surface area contributed by atoms with Gasteiger partial charge in [-0.25, -0.2) is 4.39 Å². The molecule has 0 aliphatic carbocycles. The molecule has 0 atom stereocenters. The fourth-order valence-corrected chi connectivity index (χ4v) is 3.35. The van der Waals surface area contributed by atoms with Crippen LogP contribution in [-0.4, -0.2) is 63.2 Å². The molecule has 1 aliphatic rings. The molecule has 27 heavy (non-hydrogen) atoms. The predicted molar refractivity (Wildman–Crippen MR) is 124 cm³/mol. The monoisotopic (exact) mass is 491 g/mol. The Morgan fingerprint density at radius 2 is 1.96 bits per heavy atom. The summed E-state index contributed by atoms with van der Waals surface area (Å²) in [6, 6.07) is 8.00. The molecule has 0 radical (unpaired) electrons. The summed E-state index contributed by atoms with van der Waals surface area (Å²) in [6.45, 7) is 8.39. The van der Waals surface area contributed by atoms with Crippen molar-refractivity contribution >= 4 is 35.6 Å². The molecule has 0 bridgehead atoms. The summed E-state index contributed by atoms with van der Waals surface area (Å²) in [5.74, 6) is 0.690. The Morgan fingerprint density at radius 1 is 1.30 bits per heavy atom. The molecule has 0 saturated carbocycles. The molecule has 2 rings (SSSR count). The lowest BCUT2D eigenvalue weighted by Crippen LogP contribution is -2.50. The van der Waals surface area contributed by atoms with Crippen LogP contribution in [0.1, 0.15) is 33.1 Å². The third-order valence-corrected chi connectivity index (χ3v) is 5.05. The maximum absolute atomic E-state index is 13.8. The van der Waals surface area contributed by atoms with Crippen molar-refractivity contribution in [1.29, 1.82) is 0 Å².